The third-order valence-electron chi connectivity index (χ3n) is 3.87. The van der Waals surface area contributed by atoms with Crippen LogP contribution in [0.1, 0.15) is 23.4 Å². The molecule has 5 heteroatoms. The summed E-state index contributed by atoms with van der Waals surface area (Å²) in [5.74, 6) is -0.126. The third kappa shape index (κ3) is 3.68. The Hall–Kier alpha value is -2.95. The van der Waals surface area contributed by atoms with E-state index in [1.807, 2.05) is 54.9 Å². The number of fused-ring (bicyclic) bond motifs is 1. The Labute approximate surface area is 141 Å². The fraction of sp³-hybridized carbons (Fsp3) is 0.211. The lowest BCUT2D eigenvalue weighted by molar-refractivity contribution is -0.121. The fourth-order valence-electron chi connectivity index (χ4n) is 2.70. The van der Waals surface area contributed by atoms with E-state index in [1.165, 1.54) is 0 Å². The summed E-state index contributed by atoms with van der Waals surface area (Å²) in [4.78, 5) is 11.9. The van der Waals surface area contributed by atoms with Gasteiger partial charge in [0.25, 0.3) is 0 Å². The molecule has 0 aliphatic heterocycles. The van der Waals surface area contributed by atoms with Crippen LogP contribution in [0.25, 0.3) is 10.8 Å². The van der Waals surface area contributed by atoms with Gasteiger partial charge in [0.15, 0.2) is 0 Å². The molecule has 122 valence electrons. The summed E-state index contributed by atoms with van der Waals surface area (Å²) < 4.78 is 1.84. The minimum atomic E-state index is -0.126. The van der Waals surface area contributed by atoms with Gasteiger partial charge in [-0.05, 0) is 30.7 Å². The highest BCUT2D eigenvalue weighted by Gasteiger charge is 2.04. The quantitative estimate of drug-likeness (QED) is 0.580. The molecule has 1 amide bonds. The summed E-state index contributed by atoms with van der Waals surface area (Å²) in [7, 11) is 0. The predicted molar refractivity (Wildman–Crippen MR) is 96.0 cm³/mol. The van der Waals surface area contributed by atoms with Gasteiger partial charge < -0.3 is 0 Å². The van der Waals surface area contributed by atoms with Crippen molar-refractivity contribution < 1.29 is 4.79 Å². The van der Waals surface area contributed by atoms with Gasteiger partial charge in [-0.2, -0.15) is 10.2 Å². The Morgan fingerprint density at radius 2 is 2.00 bits per heavy atom. The number of carbonyl (C=O) groups excluding carboxylic acids is 1. The lowest BCUT2D eigenvalue weighted by Crippen LogP contribution is -2.20. The average Bonchev–Trinajstić information content (AvgIpc) is 2.91. The number of amides is 1. The third-order valence-corrected chi connectivity index (χ3v) is 3.87. The maximum Gasteiger partial charge on any atom is 0.241 e. The van der Waals surface area contributed by atoms with E-state index < -0.39 is 0 Å². The second-order valence-electron chi connectivity index (χ2n) is 5.76. The number of aryl methyl sites for hydroxylation is 3. The van der Waals surface area contributed by atoms with Gasteiger partial charge in [-0.1, -0.05) is 42.5 Å². The molecule has 1 N–H and O–H groups in total. The number of benzene rings is 2. The van der Waals surface area contributed by atoms with Crippen LogP contribution in [0.3, 0.4) is 0 Å². The topological polar surface area (TPSA) is 59.3 Å². The summed E-state index contributed by atoms with van der Waals surface area (Å²) in [6, 6.07) is 16.1. The van der Waals surface area contributed by atoms with Crippen molar-refractivity contribution in [1.82, 2.24) is 15.2 Å². The van der Waals surface area contributed by atoms with E-state index in [2.05, 4.69) is 27.8 Å². The highest BCUT2D eigenvalue weighted by molar-refractivity contribution is 5.99. The van der Waals surface area contributed by atoms with E-state index in [0.29, 0.717) is 13.0 Å². The Balaban J connectivity index is 1.59. The smallest absolute Gasteiger partial charge is 0.241 e. The Kier molecular flexibility index (Phi) is 4.70. The molecule has 0 atom stereocenters. The molecule has 24 heavy (non-hydrogen) atoms. The van der Waals surface area contributed by atoms with E-state index in [9.17, 15) is 4.79 Å². The van der Waals surface area contributed by atoms with Crippen molar-refractivity contribution in [3.63, 3.8) is 0 Å². The zero-order chi connectivity index (χ0) is 16.9. The SMILES string of the molecule is Cc1cc(C)n(CCC(=O)N/N=C/c2cccc3ccccc23)n1. The molecule has 2 aromatic carbocycles. The molecule has 5 nitrogen and oxygen atoms in total. The number of hydrazone groups is 1. The normalized spacial score (nSPS) is 11.2. The largest absolute Gasteiger partial charge is 0.273 e. The Bertz CT molecular complexity index is 890. The highest BCUT2D eigenvalue weighted by atomic mass is 16.2. The number of hydrogen-bond donors (Lipinski definition) is 1. The second-order valence-corrected chi connectivity index (χ2v) is 5.76. The minimum absolute atomic E-state index is 0.126. The van der Waals surface area contributed by atoms with Gasteiger partial charge in [-0.15, -0.1) is 0 Å². The minimum Gasteiger partial charge on any atom is -0.273 e. The van der Waals surface area contributed by atoms with E-state index in [4.69, 9.17) is 0 Å². The maximum absolute atomic E-state index is 11.9. The second kappa shape index (κ2) is 7.08. The number of rotatable bonds is 5. The first kappa shape index (κ1) is 15.9. The zero-order valence-electron chi connectivity index (χ0n) is 13.9. The number of carbonyl (C=O) groups is 1. The highest BCUT2D eigenvalue weighted by Crippen LogP contribution is 2.16. The van der Waals surface area contributed by atoms with Crippen molar-refractivity contribution in [2.24, 2.45) is 5.10 Å². The number of nitrogens with zero attached hydrogens (tertiary/aromatic N) is 3. The lowest BCUT2D eigenvalue weighted by Gasteiger charge is -2.04. The molecular formula is C19H20N4O. The summed E-state index contributed by atoms with van der Waals surface area (Å²) in [6.07, 6.45) is 2.03. The van der Waals surface area contributed by atoms with E-state index >= 15 is 0 Å². The molecule has 1 aromatic heterocycles. The molecule has 0 fully saturated rings. The van der Waals surface area contributed by atoms with Crippen LogP contribution in [0.2, 0.25) is 0 Å². The maximum atomic E-state index is 11.9. The molecule has 0 unspecified atom stereocenters. The number of aromatic nitrogens is 2. The monoisotopic (exact) mass is 320 g/mol. The molecule has 3 aromatic rings. The Morgan fingerprint density at radius 3 is 2.79 bits per heavy atom. The molecular weight excluding hydrogens is 300 g/mol. The van der Waals surface area contributed by atoms with Crippen molar-refractivity contribution in [1.29, 1.82) is 0 Å². The molecule has 0 aliphatic rings. The summed E-state index contributed by atoms with van der Waals surface area (Å²) in [5, 5.41) is 10.7. The van der Waals surface area contributed by atoms with Crippen LogP contribution in [0, 0.1) is 13.8 Å². The van der Waals surface area contributed by atoms with Crippen LogP contribution in [0.5, 0.6) is 0 Å². The molecule has 0 saturated heterocycles. The first-order valence-corrected chi connectivity index (χ1v) is 7.94. The van der Waals surface area contributed by atoms with Gasteiger partial charge >= 0.3 is 0 Å². The number of nitrogens with one attached hydrogen (secondary N) is 1. The first-order chi connectivity index (χ1) is 11.6. The lowest BCUT2D eigenvalue weighted by atomic mass is 10.1. The Morgan fingerprint density at radius 1 is 1.21 bits per heavy atom. The molecule has 0 radical (unpaired) electrons. The van der Waals surface area contributed by atoms with E-state index in [1.54, 1.807) is 6.21 Å². The van der Waals surface area contributed by atoms with Crippen molar-refractivity contribution in [2.75, 3.05) is 0 Å². The van der Waals surface area contributed by atoms with Crippen molar-refractivity contribution in [3.05, 3.63) is 65.5 Å². The summed E-state index contributed by atoms with van der Waals surface area (Å²) in [5.41, 5.74) is 5.58. The van der Waals surface area contributed by atoms with Crippen LogP contribution >= 0.6 is 0 Å². The van der Waals surface area contributed by atoms with Gasteiger partial charge in [0.1, 0.15) is 0 Å². The van der Waals surface area contributed by atoms with Crippen LogP contribution in [0.4, 0.5) is 0 Å². The van der Waals surface area contributed by atoms with Crippen LogP contribution < -0.4 is 5.43 Å². The first-order valence-electron chi connectivity index (χ1n) is 7.94. The standard InChI is InChI=1S/C19H20N4O/c1-14-12-15(2)23(22-14)11-10-19(24)21-20-13-17-8-5-7-16-6-3-4-9-18(16)17/h3-9,12-13H,10-11H2,1-2H3,(H,21,24)/b20-13+. The zero-order valence-corrected chi connectivity index (χ0v) is 13.9. The van der Waals surface area contributed by atoms with Gasteiger partial charge in [-0.3, -0.25) is 9.48 Å². The van der Waals surface area contributed by atoms with Crippen LogP contribution in [0.15, 0.2) is 53.6 Å². The number of hydrogen-bond acceptors (Lipinski definition) is 3. The van der Waals surface area contributed by atoms with Gasteiger partial charge in [0.2, 0.25) is 5.91 Å². The summed E-state index contributed by atoms with van der Waals surface area (Å²) in [6.45, 7) is 4.48. The molecule has 0 spiro atoms. The van der Waals surface area contributed by atoms with Crippen molar-refractivity contribution >= 4 is 22.9 Å². The van der Waals surface area contributed by atoms with E-state index in [0.717, 1.165) is 27.7 Å². The molecule has 1 heterocycles. The fourth-order valence-corrected chi connectivity index (χ4v) is 2.70. The summed E-state index contributed by atoms with van der Waals surface area (Å²) >= 11 is 0. The molecule has 0 saturated carbocycles. The van der Waals surface area contributed by atoms with Crippen LogP contribution in [-0.4, -0.2) is 21.9 Å². The average molecular weight is 320 g/mol. The molecule has 0 aliphatic carbocycles. The molecule has 3 rings (SSSR count). The van der Waals surface area contributed by atoms with Crippen molar-refractivity contribution in [2.45, 2.75) is 26.8 Å². The van der Waals surface area contributed by atoms with Gasteiger partial charge in [0.05, 0.1) is 18.5 Å². The predicted octanol–water partition coefficient (Wildman–Crippen LogP) is 3.19. The van der Waals surface area contributed by atoms with Gasteiger partial charge in [0, 0.05) is 17.7 Å². The van der Waals surface area contributed by atoms with Gasteiger partial charge in [-0.25, -0.2) is 5.43 Å². The van der Waals surface area contributed by atoms with Crippen LogP contribution in [-0.2, 0) is 11.3 Å². The van der Waals surface area contributed by atoms with E-state index in [-0.39, 0.29) is 5.91 Å². The van der Waals surface area contributed by atoms with Crippen molar-refractivity contribution in [3.8, 4) is 0 Å². The molecule has 0 bridgehead atoms.